The van der Waals surface area contributed by atoms with Crippen LogP contribution in [0.2, 0.25) is 0 Å². The Kier molecular flexibility index (Phi) is 32.2. The molecule has 0 saturated carbocycles. The van der Waals surface area contributed by atoms with E-state index in [1.54, 1.807) is 0 Å². The second kappa shape index (κ2) is 30.7. The Morgan fingerprint density at radius 3 is 0.583 bits per heavy atom. The monoisotopic (exact) mass is 528 g/mol. The van der Waals surface area contributed by atoms with Crippen molar-refractivity contribution in [3.05, 3.63) is 0 Å². The van der Waals surface area contributed by atoms with Crippen molar-refractivity contribution >= 4 is 0 Å². The van der Waals surface area contributed by atoms with Crippen LogP contribution >= 0.6 is 0 Å². The maximum Gasteiger partial charge on any atom is 0.0558 e. The fourth-order valence-electron chi connectivity index (χ4n) is 3.65. The minimum atomic E-state index is 0.0694. The number of nitrogens with zero attached hydrogens (tertiary/aromatic N) is 4. The van der Waals surface area contributed by atoms with Crippen molar-refractivity contribution in [2.24, 2.45) is 0 Å². The maximum absolute atomic E-state index is 8.91. The summed E-state index contributed by atoms with van der Waals surface area (Å²) in [7, 11) is 0. The van der Waals surface area contributed by atoms with Gasteiger partial charge in [-0.25, -0.2) is 0 Å². The molecule has 220 valence electrons. The lowest BCUT2D eigenvalue weighted by molar-refractivity contribution is 0.121. The van der Waals surface area contributed by atoms with Gasteiger partial charge in [0.25, 0.3) is 0 Å². The zero-order valence-electron chi connectivity index (χ0n) is 22.3. The van der Waals surface area contributed by atoms with Crippen LogP contribution in [0.5, 0.6) is 0 Å². The van der Waals surface area contributed by atoms with E-state index in [4.69, 9.17) is 40.9 Å². The van der Waals surface area contributed by atoms with Gasteiger partial charge < -0.3 is 50.7 Å². The van der Waals surface area contributed by atoms with Crippen molar-refractivity contribution in [2.45, 2.75) is 25.7 Å². The number of hydrogen-bond acceptors (Lipinski definition) is 12. The van der Waals surface area contributed by atoms with Crippen LogP contribution in [0.3, 0.4) is 0 Å². The standard InChI is InChI=1S/C14H32N2O4.C10H24N2O4/c17-11-1-5-15(6-2-12-18)9-10-16(7-3-13-19)8-4-14-20;13-7-3-11(4-8-14)1-2-12(5-9-15)6-10-16/h17-20H,1-14H2;13-16H,1-10H2. The zero-order chi connectivity index (χ0) is 27.3. The van der Waals surface area contributed by atoms with Crippen LogP contribution in [0.4, 0.5) is 0 Å². The van der Waals surface area contributed by atoms with Gasteiger partial charge in [0.05, 0.1) is 26.4 Å². The van der Waals surface area contributed by atoms with Crippen LogP contribution in [0.1, 0.15) is 25.7 Å². The van der Waals surface area contributed by atoms with Crippen molar-refractivity contribution in [3.8, 4) is 0 Å². The lowest BCUT2D eigenvalue weighted by atomic mass is 10.3. The van der Waals surface area contributed by atoms with Gasteiger partial charge in [-0.15, -0.1) is 0 Å². The molecule has 0 spiro atoms. The number of hydrogen-bond donors (Lipinski definition) is 8. The summed E-state index contributed by atoms with van der Waals surface area (Å²) < 4.78 is 0. The Hall–Kier alpha value is -0.480. The van der Waals surface area contributed by atoms with Crippen molar-refractivity contribution in [1.29, 1.82) is 0 Å². The molecular weight excluding hydrogens is 472 g/mol. The molecule has 8 N–H and O–H groups in total. The van der Waals surface area contributed by atoms with E-state index in [1.165, 1.54) is 0 Å². The summed E-state index contributed by atoms with van der Waals surface area (Å²) in [6, 6.07) is 0. The molecule has 0 aromatic carbocycles. The third-order valence-electron chi connectivity index (χ3n) is 5.66. The molecule has 0 aromatic rings. The highest BCUT2D eigenvalue weighted by Crippen LogP contribution is 1.99. The molecule has 0 heterocycles. The van der Waals surface area contributed by atoms with Gasteiger partial charge in [-0.1, -0.05) is 0 Å². The molecule has 0 rings (SSSR count). The summed E-state index contributed by atoms with van der Waals surface area (Å²) in [6.45, 7) is 9.71. The lowest BCUT2D eigenvalue weighted by Gasteiger charge is -2.27. The normalized spacial score (nSPS) is 11.7. The molecule has 0 aliphatic rings. The Balaban J connectivity index is 0. The minimum absolute atomic E-state index is 0.0694. The van der Waals surface area contributed by atoms with Gasteiger partial charge in [-0.2, -0.15) is 0 Å². The van der Waals surface area contributed by atoms with Crippen LogP contribution in [-0.4, -0.2) is 192 Å². The molecule has 0 atom stereocenters. The average Bonchev–Trinajstić information content (AvgIpc) is 2.88. The lowest BCUT2D eigenvalue weighted by Crippen LogP contribution is -2.40. The Morgan fingerprint density at radius 2 is 0.417 bits per heavy atom. The van der Waals surface area contributed by atoms with Crippen LogP contribution in [0.25, 0.3) is 0 Å². The van der Waals surface area contributed by atoms with Gasteiger partial charge >= 0.3 is 0 Å². The Labute approximate surface area is 218 Å². The first-order valence-corrected chi connectivity index (χ1v) is 13.3. The molecule has 0 aliphatic heterocycles. The van der Waals surface area contributed by atoms with Crippen molar-refractivity contribution in [1.82, 2.24) is 19.6 Å². The van der Waals surface area contributed by atoms with Crippen molar-refractivity contribution in [3.63, 3.8) is 0 Å². The smallest absolute Gasteiger partial charge is 0.0558 e. The van der Waals surface area contributed by atoms with Gasteiger partial charge in [0.15, 0.2) is 0 Å². The molecule has 0 bridgehead atoms. The van der Waals surface area contributed by atoms with E-state index >= 15 is 0 Å². The summed E-state index contributed by atoms with van der Waals surface area (Å²) in [5.74, 6) is 0. The summed E-state index contributed by atoms with van der Waals surface area (Å²) in [5, 5.41) is 70.9. The first-order valence-electron chi connectivity index (χ1n) is 13.3. The topological polar surface area (TPSA) is 175 Å². The average molecular weight is 529 g/mol. The quantitative estimate of drug-likeness (QED) is 0.0562. The van der Waals surface area contributed by atoms with Gasteiger partial charge in [0.1, 0.15) is 0 Å². The number of rotatable bonds is 26. The van der Waals surface area contributed by atoms with Crippen LogP contribution in [0.15, 0.2) is 0 Å². The van der Waals surface area contributed by atoms with Crippen LogP contribution in [-0.2, 0) is 0 Å². The Morgan fingerprint density at radius 1 is 0.222 bits per heavy atom. The van der Waals surface area contributed by atoms with E-state index in [0.29, 0.717) is 39.3 Å². The van der Waals surface area contributed by atoms with E-state index in [2.05, 4.69) is 9.80 Å². The largest absolute Gasteiger partial charge is 0.396 e. The van der Waals surface area contributed by atoms with E-state index in [1.807, 2.05) is 9.80 Å². The fraction of sp³-hybridized carbons (Fsp3) is 1.00. The third kappa shape index (κ3) is 25.2. The summed E-state index contributed by atoms with van der Waals surface area (Å²) >= 11 is 0. The molecule has 0 aromatic heterocycles. The summed E-state index contributed by atoms with van der Waals surface area (Å²) in [4.78, 5) is 8.39. The van der Waals surface area contributed by atoms with Crippen LogP contribution < -0.4 is 0 Å². The molecule has 0 amide bonds. The zero-order valence-corrected chi connectivity index (χ0v) is 22.3. The SMILES string of the molecule is OCCCN(CCCO)CCN(CCCO)CCCO.OCCN(CCO)CCN(CCO)CCO. The van der Waals surface area contributed by atoms with Gasteiger partial charge in [0.2, 0.25) is 0 Å². The number of aliphatic hydroxyl groups is 8. The molecule has 0 saturated heterocycles. The minimum Gasteiger partial charge on any atom is -0.396 e. The van der Waals surface area contributed by atoms with Crippen molar-refractivity contribution in [2.75, 3.05) is 131 Å². The second-order valence-electron chi connectivity index (χ2n) is 8.57. The Bertz CT molecular complexity index is 352. The highest BCUT2D eigenvalue weighted by atomic mass is 16.3. The van der Waals surface area contributed by atoms with Gasteiger partial charge in [-0.3, -0.25) is 9.80 Å². The van der Waals surface area contributed by atoms with E-state index in [0.717, 1.165) is 65.0 Å². The highest BCUT2D eigenvalue weighted by molar-refractivity contribution is 4.65. The van der Waals surface area contributed by atoms with E-state index in [-0.39, 0.29) is 52.9 Å². The molecule has 36 heavy (non-hydrogen) atoms. The van der Waals surface area contributed by atoms with Gasteiger partial charge in [-0.05, 0) is 25.7 Å². The fourth-order valence-corrected chi connectivity index (χ4v) is 3.65. The highest BCUT2D eigenvalue weighted by Gasteiger charge is 2.09. The molecule has 0 fully saturated rings. The second-order valence-corrected chi connectivity index (χ2v) is 8.57. The summed E-state index contributed by atoms with van der Waals surface area (Å²) in [6.07, 6.45) is 2.99. The maximum atomic E-state index is 8.91. The molecule has 0 aliphatic carbocycles. The predicted molar refractivity (Wildman–Crippen MR) is 141 cm³/mol. The number of aliphatic hydroxyl groups excluding tert-OH is 8. The summed E-state index contributed by atoms with van der Waals surface area (Å²) in [5.41, 5.74) is 0. The first-order chi connectivity index (χ1) is 17.6. The molecular formula is C24H56N4O8. The van der Waals surface area contributed by atoms with Gasteiger partial charge in [0, 0.05) is 105 Å². The van der Waals surface area contributed by atoms with Crippen molar-refractivity contribution < 1.29 is 40.9 Å². The molecule has 12 nitrogen and oxygen atoms in total. The molecule has 0 unspecified atom stereocenters. The van der Waals surface area contributed by atoms with E-state index < -0.39 is 0 Å². The predicted octanol–water partition coefficient (Wildman–Crippen LogP) is -3.32. The third-order valence-corrected chi connectivity index (χ3v) is 5.66. The molecule has 12 heteroatoms. The van der Waals surface area contributed by atoms with Crippen LogP contribution in [0, 0.1) is 0 Å². The van der Waals surface area contributed by atoms with E-state index in [9.17, 15) is 0 Å². The molecule has 0 radical (unpaired) electrons. The first kappa shape index (κ1) is 37.7.